The van der Waals surface area contributed by atoms with E-state index in [-0.39, 0.29) is 0 Å². The van der Waals surface area contributed by atoms with E-state index in [9.17, 15) is 0 Å². The molecule has 0 unspecified atom stereocenters. The molecule has 0 saturated carbocycles. The molecule has 1 aliphatic rings. The van der Waals surface area contributed by atoms with Crippen molar-refractivity contribution in [2.45, 2.75) is 16.7 Å². The number of para-hydroxylation sites is 2. The second-order valence-electron chi connectivity index (χ2n) is 7.22. The van der Waals surface area contributed by atoms with Gasteiger partial charge in [-0.2, -0.15) is 24.3 Å². The van der Waals surface area contributed by atoms with E-state index in [0.29, 0.717) is 0 Å². The Hall–Kier alpha value is -1.77. The summed E-state index contributed by atoms with van der Waals surface area (Å²) in [6.07, 6.45) is 0. The first-order chi connectivity index (χ1) is 15.7. The predicted octanol–water partition coefficient (Wildman–Crippen LogP) is 9.58. The van der Waals surface area contributed by atoms with Crippen molar-refractivity contribution in [2.75, 3.05) is 4.90 Å². The Labute approximate surface area is 212 Å². The first-order valence-electron chi connectivity index (χ1n) is 10.2. The maximum Gasteiger partial charge on any atom is -0.172 e. The fourth-order valence-corrected chi connectivity index (χ4v) is 4.91. The molecule has 0 aromatic heterocycles. The third-order valence-electron chi connectivity index (χ3n) is 5.10. The largest absolute Gasteiger partial charge is 0.214 e. The smallest absolute Gasteiger partial charge is 0.172 e. The summed E-state index contributed by atoms with van der Waals surface area (Å²) in [5.41, 5.74) is 5.08. The van der Waals surface area contributed by atoms with Crippen LogP contribution in [0.15, 0.2) is 119 Å². The molecule has 0 radical (unpaired) electrons. The minimum atomic E-state index is -0.826. The van der Waals surface area contributed by atoms with Crippen LogP contribution in [0.5, 0.6) is 0 Å². The van der Waals surface area contributed by atoms with Crippen LogP contribution in [-0.4, -0.2) is 0 Å². The number of rotatable bonds is 1. The molecule has 32 heavy (non-hydrogen) atoms. The first kappa shape index (κ1) is 23.4. The van der Waals surface area contributed by atoms with Gasteiger partial charge >= 0.3 is 37.9 Å². The molecule has 6 rings (SSSR count). The van der Waals surface area contributed by atoms with E-state index in [1.165, 1.54) is 43.2 Å². The molecule has 0 N–H and O–H groups in total. The summed E-state index contributed by atoms with van der Waals surface area (Å²) >= 11 is 1.02. The van der Waals surface area contributed by atoms with E-state index in [0.717, 1.165) is 0 Å². The van der Waals surface area contributed by atoms with Gasteiger partial charge in [0.15, 0.2) is 0 Å². The maximum atomic E-state index is 4.93. The average molecular weight is 554 g/mol. The number of aryl methyl sites for hydroxylation is 1. The number of benzene rings is 3. The van der Waals surface area contributed by atoms with Gasteiger partial charge in [0.1, 0.15) is 0 Å². The van der Waals surface area contributed by atoms with Gasteiger partial charge in [0, 0.05) is 15.5 Å². The molecule has 0 saturated heterocycles. The molecule has 5 aromatic rings. The normalized spacial score (nSPS) is 11.3. The number of anilines is 3. The van der Waals surface area contributed by atoms with Gasteiger partial charge in [-0.15, -0.1) is 34.5 Å². The van der Waals surface area contributed by atoms with Crippen LogP contribution in [-0.2, 0) is 20.8 Å². The van der Waals surface area contributed by atoms with Crippen molar-refractivity contribution in [3.05, 3.63) is 115 Å². The molecule has 5 heteroatoms. The van der Waals surface area contributed by atoms with E-state index >= 15 is 0 Å². The molecule has 0 aliphatic carbocycles. The molecule has 1 nitrogen and oxygen atoms in total. The Bertz CT molecular complexity index is 1220. The summed E-state index contributed by atoms with van der Waals surface area (Å²) in [5.74, 6) is 0. The molecule has 0 spiro atoms. The van der Waals surface area contributed by atoms with Crippen LogP contribution in [0.25, 0.3) is 10.8 Å². The molecule has 5 aromatic carbocycles. The molecule has 158 valence electrons. The SMILES string of the molecule is Cc1cc2c(N3c4ccccc4Sc4ccccc43)cccc2[cH-]1.[Cl][Zr+2][Cl].c1cc[cH-]c1. The summed E-state index contributed by atoms with van der Waals surface area (Å²) in [4.78, 5) is 5.01. The van der Waals surface area contributed by atoms with E-state index in [1.807, 2.05) is 42.1 Å². The summed E-state index contributed by atoms with van der Waals surface area (Å²) in [7, 11) is 9.87. The minimum Gasteiger partial charge on any atom is -0.214 e. The van der Waals surface area contributed by atoms with Crippen molar-refractivity contribution in [1.82, 2.24) is 0 Å². The number of nitrogens with zero attached hydrogens (tertiary/aromatic N) is 1. The van der Waals surface area contributed by atoms with Crippen LogP contribution in [0.4, 0.5) is 17.1 Å². The van der Waals surface area contributed by atoms with E-state index in [4.69, 9.17) is 17.0 Å². The summed E-state index contributed by atoms with van der Waals surface area (Å²) < 4.78 is 0. The maximum absolute atomic E-state index is 4.93. The third kappa shape index (κ3) is 5.24. The zero-order chi connectivity index (χ0) is 22.3. The van der Waals surface area contributed by atoms with Crippen LogP contribution in [0.3, 0.4) is 0 Å². The van der Waals surface area contributed by atoms with Gasteiger partial charge in [0.2, 0.25) is 0 Å². The van der Waals surface area contributed by atoms with Gasteiger partial charge in [0.05, 0.1) is 11.4 Å². The molecule has 0 bridgehead atoms. The Morgan fingerprint density at radius 3 is 1.88 bits per heavy atom. The summed E-state index contributed by atoms with van der Waals surface area (Å²) in [5, 5.41) is 2.62. The van der Waals surface area contributed by atoms with Crippen molar-refractivity contribution in [1.29, 1.82) is 0 Å². The van der Waals surface area contributed by atoms with Crippen LogP contribution in [0.2, 0.25) is 0 Å². The summed E-state index contributed by atoms with van der Waals surface area (Å²) in [6.45, 7) is 2.16. The Morgan fingerprint density at radius 2 is 1.31 bits per heavy atom. The van der Waals surface area contributed by atoms with Crippen LogP contribution in [0, 0.1) is 6.92 Å². The Morgan fingerprint density at radius 1 is 0.750 bits per heavy atom. The fourth-order valence-electron chi connectivity index (χ4n) is 3.85. The van der Waals surface area contributed by atoms with Gasteiger partial charge in [-0.1, -0.05) is 49.0 Å². The van der Waals surface area contributed by atoms with Crippen molar-refractivity contribution in [3.63, 3.8) is 0 Å². The number of halogens is 2. The zero-order valence-electron chi connectivity index (χ0n) is 17.5. The van der Waals surface area contributed by atoms with Crippen molar-refractivity contribution in [3.8, 4) is 0 Å². The Balaban J connectivity index is 0.000000263. The third-order valence-corrected chi connectivity index (χ3v) is 6.23. The molecular weight excluding hydrogens is 533 g/mol. The van der Waals surface area contributed by atoms with Crippen molar-refractivity contribution >= 4 is 56.6 Å². The number of hydrogen-bond donors (Lipinski definition) is 0. The molecule has 0 fully saturated rings. The molecule has 1 aliphatic heterocycles. The fraction of sp³-hybridized carbons (Fsp3) is 0.0370. The molecular formula is C27H21Cl2NSZr. The standard InChI is InChI=1S/C22H16NS.C5H5.2ClH.Zr/c1-15-13-16-7-6-10-18(17(16)14-15)23-19-8-2-4-11-21(19)24-22-12-5-3-9-20(22)23;1-2-4-5-3-1;;;/h2-14H,1H3;1-5H;2*1H;/q2*-1;;;+4/p-2. The van der Waals surface area contributed by atoms with Crippen molar-refractivity contribution < 1.29 is 20.8 Å². The number of hydrogen-bond acceptors (Lipinski definition) is 2. The molecule has 1 heterocycles. The second kappa shape index (κ2) is 11.4. The molecule has 0 atom stereocenters. The second-order valence-corrected chi connectivity index (χ2v) is 12.0. The van der Waals surface area contributed by atoms with E-state index in [1.54, 1.807) is 0 Å². The predicted molar refractivity (Wildman–Crippen MR) is 137 cm³/mol. The van der Waals surface area contributed by atoms with Crippen LogP contribution < -0.4 is 4.90 Å². The van der Waals surface area contributed by atoms with Crippen LogP contribution in [0.1, 0.15) is 5.56 Å². The van der Waals surface area contributed by atoms with Gasteiger partial charge in [-0.3, -0.25) is 0 Å². The van der Waals surface area contributed by atoms with E-state index < -0.39 is 20.8 Å². The molecule has 0 amide bonds. The van der Waals surface area contributed by atoms with Crippen LogP contribution >= 0.6 is 28.8 Å². The number of fused-ring (bicyclic) bond motifs is 3. The van der Waals surface area contributed by atoms with Gasteiger partial charge in [-0.05, 0) is 24.3 Å². The Kier molecular flexibility index (Phi) is 8.33. The van der Waals surface area contributed by atoms with Gasteiger partial charge < -0.3 is 4.90 Å². The van der Waals surface area contributed by atoms with Gasteiger partial charge in [0.25, 0.3) is 0 Å². The quantitative estimate of drug-likeness (QED) is 0.187. The summed E-state index contributed by atoms with van der Waals surface area (Å²) in [6, 6.07) is 38.5. The van der Waals surface area contributed by atoms with Crippen molar-refractivity contribution in [2.24, 2.45) is 0 Å². The minimum absolute atomic E-state index is 0.826. The monoisotopic (exact) mass is 551 g/mol. The topological polar surface area (TPSA) is 3.24 Å². The zero-order valence-corrected chi connectivity index (χ0v) is 22.3. The average Bonchev–Trinajstić information content (AvgIpc) is 3.50. The first-order valence-corrected chi connectivity index (χ1v) is 17.3. The van der Waals surface area contributed by atoms with E-state index in [2.05, 4.69) is 90.7 Å². The van der Waals surface area contributed by atoms with Gasteiger partial charge in [-0.25, -0.2) is 12.1 Å².